The van der Waals surface area contributed by atoms with E-state index < -0.39 is 0 Å². The minimum Gasteiger partial charge on any atom is -0.314 e. The summed E-state index contributed by atoms with van der Waals surface area (Å²) >= 11 is 6.08. The molecule has 1 atom stereocenters. The van der Waals surface area contributed by atoms with E-state index in [-0.39, 0.29) is 0 Å². The van der Waals surface area contributed by atoms with Crippen LogP contribution >= 0.6 is 11.6 Å². The van der Waals surface area contributed by atoms with Crippen LogP contribution in [0.5, 0.6) is 0 Å². The lowest BCUT2D eigenvalue weighted by Crippen LogP contribution is -2.42. The Kier molecular flexibility index (Phi) is 3.06. The Labute approximate surface area is 89.7 Å². The molecule has 1 aromatic carbocycles. The van der Waals surface area contributed by atoms with Crippen LogP contribution in [0.15, 0.2) is 18.2 Å². The zero-order chi connectivity index (χ0) is 9.97. The van der Waals surface area contributed by atoms with Gasteiger partial charge in [0.15, 0.2) is 0 Å². The Bertz CT molecular complexity index is 319. The third-order valence-electron chi connectivity index (χ3n) is 2.73. The van der Waals surface area contributed by atoms with Crippen LogP contribution in [0.1, 0.15) is 17.2 Å². The predicted octanol–water partition coefficient (Wildman–Crippen LogP) is 1.88. The van der Waals surface area contributed by atoms with Crippen molar-refractivity contribution in [1.82, 2.24) is 10.6 Å². The molecule has 76 valence electrons. The zero-order valence-electron chi connectivity index (χ0n) is 8.31. The second-order valence-corrected chi connectivity index (χ2v) is 4.07. The molecule has 0 aliphatic carbocycles. The van der Waals surface area contributed by atoms with Crippen LogP contribution in [0.25, 0.3) is 0 Å². The van der Waals surface area contributed by atoms with Gasteiger partial charge in [-0.3, -0.25) is 0 Å². The summed E-state index contributed by atoms with van der Waals surface area (Å²) in [5, 5.41) is 7.71. The van der Waals surface area contributed by atoms with Gasteiger partial charge in [-0.1, -0.05) is 23.7 Å². The van der Waals surface area contributed by atoms with Gasteiger partial charge in [0, 0.05) is 30.7 Å². The first-order valence-corrected chi connectivity index (χ1v) is 5.36. The van der Waals surface area contributed by atoms with E-state index in [1.54, 1.807) is 0 Å². The number of piperazine rings is 1. The Morgan fingerprint density at radius 1 is 1.36 bits per heavy atom. The molecule has 0 amide bonds. The number of hydrogen-bond donors (Lipinski definition) is 2. The van der Waals surface area contributed by atoms with Crippen molar-refractivity contribution in [3.63, 3.8) is 0 Å². The molecule has 2 nitrogen and oxygen atoms in total. The number of halogens is 1. The van der Waals surface area contributed by atoms with Crippen molar-refractivity contribution in [2.75, 3.05) is 19.6 Å². The molecule has 1 unspecified atom stereocenters. The second kappa shape index (κ2) is 4.30. The van der Waals surface area contributed by atoms with Crippen molar-refractivity contribution in [3.8, 4) is 0 Å². The van der Waals surface area contributed by atoms with Gasteiger partial charge in [-0.2, -0.15) is 0 Å². The van der Waals surface area contributed by atoms with Crippen LogP contribution in [0.4, 0.5) is 0 Å². The Morgan fingerprint density at radius 2 is 2.21 bits per heavy atom. The van der Waals surface area contributed by atoms with Crippen LogP contribution < -0.4 is 10.6 Å². The standard InChI is InChI=1S/C11H15ClN2/c1-8-9(3-2-4-10(8)12)11-7-13-5-6-14-11/h2-4,11,13-14H,5-7H2,1H3. The van der Waals surface area contributed by atoms with E-state index in [2.05, 4.69) is 23.6 Å². The Morgan fingerprint density at radius 3 is 2.93 bits per heavy atom. The molecule has 0 spiro atoms. The number of nitrogens with one attached hydrogen (secondary N) is 2. The maximum Gasteiger partial charge on any atom is 0.0450 e. The highest BCUT2D eigenvalue weighted by Crippen LogP contribution is 2.24. The molecule has 0 aromatic heterocycles. The van der Waals surface area contributed by atoms with Crippen LogP contribution in [0.2, 0.25) is 5.02 Å². The SMILES string of the molecule is Cc1c(Cl)cccc1C1CNCCN1. The molecular weight excluding hydrogens is 196 g/mol. The molecular formula is C11H15ClN2. The van der Waals surface area contributed by atoms with Crippen molar-refractivity contribution < 1.29 is 0 Å². The fourth-order valence-electron chi connectivity index (χ4n) is 1.87. The monoisotopic (exact) mass is 210 g/mol. The van der Waals surface area contributed by atoms with Gasteiger partial charge >= 0.3 is 0 Å². The first-order chi connectivity index (χ1) is 6.79. The van der Waals surface area contributed by atoms with Gasteiger partial charge in [0.05, 0.1) is 0 Å². The summed E-state index contributed by atoms with van der Waals surface area (Å²) in [7, 11) is 0. The fraction of sp³-hybridized carbons (Fsp3) is 0.455. The van der Waals surface area contributed by atoms with E-state index >= 15 is 0 Å². The predicted molar refractivity (Wildman–Crippen MR) is 59.8 cm³/mol. The molecule has 1 aliphatic rings. The summed E-state index contributed by atoms with van der Waals surface area (Å²) in [5.41, 5.74) is 2.50. The third kappa shape index (κ3) is 1.92. The number of benzene rings is 1. The fourth-order valence-corrected chi connectivity index (χ4v) is 2.06. The van der Waals surface area contributed by atoms with Crippen LogP contribution in [-0.4, -0.2) is 19.6 Å². The van der Waals surface area contributed by atoms with Crippen LogP contribution in [0, 0.1) is 6.92 Å². The van der Waals surface area contributed by atoms with Crippen LogP contribution in [-0.2, 0) is 0 Å². The van der Waals surface area contributed by atoms with Gasteiger partial charge in [0.2, 0.25) is 0 Å². The molecule has 1 fully saturated rings. The smallest absolute Gasteiger partial charge is 0.0450 e. The van der Waals surface area contributed by atoms with Crippen molar-refractivity contribution in [3.05, 3.63) is 34.3 Å². The molecule has 3 heteroatoms. The van der Waals surface area contributed by atoms with E-state index in [9.17, 15) is 0 Å². The first kappa shape index (κ1) is 9.97. The summed E-state index contributed by atoms with van der Waals surface area (Å²) in [6.07, 6.45) is 0. The Hall–Kier alpha value is -0.570. The van der Waals surface area contributed by atoms with Crippen molar-refractivity contribution in [2.45, 2.75) is 13.0 Å². The molecule has 14 heavy (non-hydrogen) atoms. The average Bonchev–Trinajstić information content (AvgIpc) is 2.23. The molecule has 0 saturated carbocycles. The summed E-state index contributed by atoms with van der Waals surface area (Å²) in [4.78, 5) is 0. The molecule has 1 heterocycles. The lowest BCUT2D eigenvalue weighted by atomic mass is 10.0. The maximum atomic E-state index is 6.08. The van der Waals surface area contributed by atoms with E-state index in [1.165, 1.54) is 11.1 Å². The van der Waals surface area contributed by atoms with E-state index in [0.717, 1.165) is 24.7 Å². The van der Waals surface area contributed by atoms with E-state index in [0.29, 0.717) is 6.04 Å². The van der Waals surface area contributed by atoms with Crippen molar-refractivity contribution in [1.29, 1.82) is 0 Å². The third-order valence-corrected chi connectivity index (χ3v) is 3.14. The zero-order valence-corrected chi connectivity index (χ0v) is 9.06. The van der Waals surface area contributed by atoms with Gasteiger partial charge in [-0.15, -0.1) is 0 Å². The molecule has 0 radical (unpaired) electrons. The maximum absolute atomic E-state index is 6.08. The second-order valence-electron chi connectivity index (χ2n) is 3.66. The highest BCUT2D eigenvalue weighted by atomic mass is 35.5. The van der Waals surface area contributed by atoms with E-state index in [1.807, 2.05) is 12.1 Å². The lowest BCUT2D eigenvalue weighted by Gasteiger charge is -2.26. The molecule has 1 aromatic rings. The summed E-state index contributed by atoms with van der Waals surface area (Å²) in [6, 6.07) is 6.51. The summed E-state index contributed by atoms with van der Waals surface area (Å²) in [5.74, 6) is 0. The molecule has 2 N–H and O–H groups in total. The minimum absolute atomic E-state index is 0.405. The average molecular weight is 211 g/mol. The Balaban J connectivity index is 2.26. The van der Waals surface area contributed by atoms with Gasteiger partial charge in [-0.25, -0.2) is 0 Å². The normalized spacial score (nSPS) is 22.3. The van der Waals surface area contributed by atoms with E-state index in [4.69, 9.17) is 11.6 Å². The van der Waals surface area contributed by atoms with Crippen LogP contribution in [0.3, 0.4) is 0 Å². The highest BCUT2D eigenvalue weighted by molar-refractivity contribution is 6.31. The van der Waals surface area contributed by atoms with Gasteiger partial charge in [-0.05, 0) is 24.1 Å². The summed E-state index contributed by atoms with van der Waals surface area (Å²) in [6.45, 7) is 5.14. The minimum atomic E-state index is 0.405. The molecule has 0 bridgehead atoms. The number of rotatable bonds is 1. The lowest BCUT2D eigenvalue weighted by molar-refractivity contribution is 0.429. The topological polar surface area (TPSA) is 24.1 Å². The molecule has 2 rings (SSSR count). The van der Waals surface area contributed by atoms with Gasteiger partial charge < -0.3 is 10.6 Å². The van der Waals surface area contributed by atoms with Crippen molar-refractivity contribution >= 4 is 11.6 Å². The molecule has 1 saturated heterocycles. The first-order valence-electron chi connectivity index (χ1n) is 4.98. The highest BCUT2D eigenvalue weighted by Gasteiger charge is 2.16. The largest absolute Gasteiger partial charge is 0.314 e. The summed E-state index contributed by atoms with van der Waals surface area (Å²) < 4.78 is 0. The quantitative estimate of drug-likeness (QED) is 0.740. The van der Waals surface area contributed by atoms with Crippen molar-refractivity contribution in [2.24, 2.45) is 0 Å². The van der Waals surface area contributed by atoms with Gasteiger partial charge in [0.25, 0.3) is 0 Å². The van der Waals surface area contributed by atoms with Gasteiger partial charge in [0.1, 0.15) is 0 Å². The number of hydrogen-bond acceptors (Lipinski definition) is 2. The molecule has 1 aliphatic heterocycles.